The summed E-state index contributed by atoms with van der Waals surface area (Å²) in [6.07, 6.45) is 11.5. The van der Waals surface area contributed by atoms with E-state index in [1.54, 1.807) is 16.8 Å². The number of anilines is 1. The lowest BCUT2D eigenvalue weighted by Crippen LogP contribution is -2.46. The van der Waals surface area contributed by atoms with E-state index in [0.717, 1.165) is 0 Å². The van der Waals surface area contributed by atoms with E-state index in [1.807, 2.05) is 0 Å². The van der Waals surface area contributed by atoms with Crippen LogP contribution in [-0.2, 0) is 6.42 Å². The SMILES string of the molecule is CCCCC1=CC(C)(CCCC)N2CCc3cccc1c32. The monoisotopic (exact) mass is 283 g/mol. The van der Waals surface area contributed by atoms with Crippen molar-refractivity contribution < 1.29 is 0 Å². The molecule has 2 heterocycles. The fraction of sp³-hybridized carbons (Fsp3) is 0.600. The molecule has 3 rings (SSSR count). The summed E-state index contributed by atoms with van der Waals surface area (Å²) in [6.45, 7) is 8.25. The third-order valence-corrected chi connectivity index (χ3v) is 5.28. The molecule has 1 nitrogen and oxygen atoms in total. The Morgan fingerprint density at radius 1 is 1.14 bits per heavy atom. The number of rotatable bonds is 6. The number of benzene rings is 1. The summed E-state index contributed by atoms with van der Waals surface area (Å²) in [5, 5.41) is 0. The van der Waals surface area contributed by atoms with E-state index in [9.17, 15) is 0 Å². The first-order chi connectivity index (χ1) is 10.2. The number of hydrogen-bond donors (Lipinski definition) is 0. The molecule has 0 fully saturated rings. The Hall–Kier alpha value is -1.24. The maximum atomic E-state index is 2.70. The van der Waals surface area contributed by atoms with E-state index < -0.39 is 0 Å². The Labute approximate surface area is 130 Å². The van der Waals surface area contributed by atoms with Crippen LogP contribution in [0.3, 0.4) is 0 Å². The topological polar surface area (TPSA) is 3.24 Å². The summed E-state index contributed by atoms with van der Waals surface area (Å²) >= 11 is 0. The van der Waals surface area contributed by atoms with Crippen molar-refractivity contribution in [2.45, 2.75) is 71.3 Å². The molecular formula is C20H29N. The van der Waals surface area contributed by atoms with Crippen LogP contribution in [-0.4, -0.2) is 12.1 Å². The van der Waals surface area contributed by atoms with Gasteiger partial charge in [0, 0.05) is 17.8 Å². The zero-order valence-electron chi connectivity index (χ0n) is 13.9. The second-order valence-corrected chi connectivity index (χ2v) is 6.95. The molecule has 0 bridgehead atoms. The molecule has 0 saturated heterocycles. The van der Waals surface area contributed by atoms with Crippen LogP contribution in [0.1, 0.15) is 70.4 Å². The van der Waals surface area contributed by atoms with Crippen LogP contribution in [0.25, 0.3) is 5.57 Å². The molecule has 0 radical (unpaired) electrons. The van der Waals surface area contributed by atoms with Crippen molar-refractivity contribution in [2.75, 3.05) is 11.4 Å². The van der Waals surface area contributed by atoms with Gasteiger partial charge in [-0.1, -0.05) is 57.4 Å². The van der Waals surface area contributed by atoms with Gasteiger partial charge in [-0.25, -0.2) is 0 Å². The van der Waals surface area contributed by atoms with Crippen LogP contribution in [0.4, 0.5) is 5.69 Å². The van der Waals surface area contributed by atoms with Crippen LogP contribution in [0.15, 0.2) is 24.3 Å². The van der Waals surface area contributed by atoms with Crippen molar-refractivity contribution in [3.8, 4) is 0 Å². The second kappa shape index (κ2) is 5.87. The normalized spacial score (nSPS) is 23.2. The van der Waals surface area contributed by atoms with Gasteiger partial charge in [-0.2, -0.15) is 0 Å². The van der Waals surface area contributed by atoms with Gasteiger partial charge in [0.15, 0.2) is 0 Å². The quantitative estimate of drug-likeness (QED) is 0.658. The Morgan fingerprint density at radius 2 is 1.95 bits per heavy atom. The molecule has 0 aromatic heterocycles. The van der Waals surface area contributed by atoms with Crippen molar-refractivity contribution in [1.82, 2.24) is 0 Å². The smallest absolute Gasteiger partial charge is 0.0562 e. The molecule has 0 aliphatic carbocycles. The molecule has 114 valence electrons. The lowest BCUT2D eigenvalue weighted by atomic mass is 9.82. The molecule has 0 spiro atoms. The average molecular weight is 283 g/mol. The summed E-state index contributed by atoms with van der Waals surface area (Å²) in [7, 11) is 0. The van der Waals surface area contributed by atoms with Crippen LogP contribution in [0, 0.1) is 0 Å². The molecule has 2 aliphatic rings. The van der Waals surface area contributed by atoms with Crippen LogP contribution in [0.5, 0.6) is 0 Å². The van der Waals surface area contributed by atoms with Crippen molar-refractivity contribution in [1.29, 1.82) is 0 Å². The maximum absolute atomic E-state index is 2.70. The largest absolute Gasteiger partial charge is 0.362 e. The van der Waals surface area contributed by atoms with Gasteiger partial charge >= 0.3 is 0 Å². The van der Waals surface area contributed by atoms with E-state index in [2.05, 4.69) is 49.9 Å². The summed E-state index contributed by atoms with van der Waals surface area (Å²) in [5.74, 6) is 0. The molecule has 0 N–H and O–H groups in total. The van der Waals surface area contributed by atoms with Crippen LogP contribution < -0.4 is 4.90 Å². The zero-order valence-corrected chi connectivity index (χ0v) is 13.9. The lowest BCUT2D eigenvalue weighted by Gasteiger charge is -2.44. The van der Waals surface area contributed by atoms with Gasteiger partial charge in [-0.3, -0.25) is 0 Å². The minimum atomic E-state index is 0.235. The van der Waals surface area contributed by atoms with E-state index in [-0.39, 0.29) is 5.54 Å². The molecule has 1 aromatic carbocycles. The van der Waals surface area contributed by atoms with Crippen molar-refractivity contribution in [2.24, 2.45) is 0 Å². The molecule has 1 aromatic rings. The van der Waals surface area contributed by atoms with E-state index in [1.165, 1.54) is 57.1 Å². The highest BCUT2D eigenvalue weighted by Gasteiger charge is 2.39. The first-order valence-electron chi connectivity index (χ1n) is 8.81. The summed E-state index contributed by atoms with van der Waals surface area (Å²) in [4.78, 5) is 2.70. The summed E-state index contributed by atoms with van der Waals surface area (Å²) in [5.41, 5.74) is 6.48. The fourth-order valence-electron chi connectivity index (χ4n) is 4.07. The highest BCUT2D eigenvalue weighted by molar-refractivity contribution is 5.85. The average Bonchev–Trinajstić information content (AvgIpc) is 2.94. The third kappa shape index (κ3) is 2.52. The van der Waals surface area contributed by atoms with E-state index in [4.69, 9.17) is 0 Å². The van der Waals surface area contributed by atoms with Gasteiger partial charge in [0.1, 0.15) is 0 Å². The Kier molecular flexibility index (Phi) is 4.10. The molecule has 0 amide bonds. The highest BCUT2D eigenvalue weighted by atomic mass is 15.2. The Balaban J connectivity index is 2.02. The number of hydrogen-bond acceptors (Lipinski definition) is 1. The summed E-state index contributed by atoms with van der Waals surface area (Å²) in [6, 6.07) is 6.94. The Bertz CT molecular complexity index is 543. The third-order valence-electron chi connectivity index (χ3n) is 5.28. The van der Waals surface area contributed by atoms with Gasteiger partial charge < -0.3 is 4.90 Å². The van der Waals surface area contributed by atoms with Crippen LogP contribution >= 0.6 is 0 Å². The molecule has 0 saturated carbocycles. The number of allylic oxidation sites excluding steroid dienone is 1. The predicted octanol–water partition coefficient (Wildman–Crippen LogP) is 5.59. The first-order valence-corrected chi connectivity index (χ1v) is 8.81. The molecule has 1 unspecified atom stereocenters. The molecule has 2 aliphatic heterocycles. The first kappa shape index (κ1) is 14.7. The number of nitrogens with zero attached hydrogens (tertiary/aromatic N) is 1. The second-order valence-electron chi connectivity index (χ2n) is 6.95. The van der Waals surface area contributed by atoms with Gasteiger partial charge in [-0.15, -0.1) is 0 Å². The fourth-order valence-corrected chi connectivity index (χ4v) is 4.07. The minimum Gasteiger partial charge on any atom is -0.362 e. The highest BCUT2D eigenvalue weighted by Crippen LogP contribution is 2.47. The lowest BCUT2D eigenvalue weighted by molar-refractivity contribution is 0.463. The Morgan fingerprint density at radius 3 is 2.71 bits per heavy atom. The molecule has 1 heteroatoms. The van der Waals surface area contributed by atoms with Crippen molar-refractivity contribution in [3.05, 3.63) is 35.4 Å². The van der Waals surface area contributed by atoms with E-state index in [0.29, 0.717) is 0 Å². The standard InChI is InChI=1S/C20H29N/c1-4-6-9-17-15-20(3,13-7-5-2)21-14-12-16-10-8-11-18(17)19(16)21/h8,10-11,15H,4-7,9,12-14H2,1-3H3. The predicted molar refractivity (Wildman–Crippen MR) is 92.9 cm³/mol. The van der Waals surface area contributed by atoms with Crippen LogP contribution in [0.2, 0.25) is 0 Å². The molecular weight excluding hydrogens is 254 g/mol. The number of para-hydroxylation sites is 1. The minimum absolute atomic E-state index is 0.235. The van der Waals surface area contributed by atoms with Crippen molar-refractivity contribution >= 4 is 11.3 Å². The maximum Gasteiger partial charge on any atom is 0.0562 e. The molecule has 21 heavy (non-hydrogen) atoms. The molecule has 1 atom stereocenters. The van der Waals surface area contributed by atoms with Gasteiger partial charge in [0.05, 0.1) is 5.54 Å². The van der Waals surface area contributed by atoms with Gasteiger partial charge in [-0.05, 0) is 43.7 Å². The van der Waals surface area contributed by atoms with E-state index >= 15 is 0 Å². The number of unbranched alkanes of at least 4 members (excludes halogenated alkanes) is 2. The van der Waals surface area contributed by atoms with Crippen molar-refractivity contribution in [3.63, 3.8) is 0 Å². The summed E-state index contributed by atoms with van der Waals surface area (Å²) < 4.78 is 0. The van der Waals surface area contributed by atoms with Gasteiger partial charge in [0.2, 0.25) is 0 Å². The van der Waals surface area contributed by atoms with Gasteiger partial charge in [0.25, 0.3) is 0 Å². The zero-order chi connectivity index (χ0) is 14.9.